The second-order valence-electron chi connectivity index (χ2n) is 6.88. The molecule has 0 aliphatic rings. The summed E-state index contributed by atoms with van der Waals surface area (Å²) in [5.41, 5.74) is 3.22. The molecule has 0 radical (unpaired) electrons. The van der Waals surface area contributed by atoms with Gasteiger partial charge in [0.1, 0.15) is 0 Å². The molecule has 5 heteroatoms. The number of hydrogen-bond acceptors (Lipinski definition) is 3. The molecule has 0 spiro atoms. The first-order valence-corrected chi connectivity index (χ1v) is 9.95. The van der Waals surface area contributed by atoms with Crippen molar-refractivity contribution in [3.05, 3.63) is 60.2 Å². The molecule has 1 aromatic heterocycles. The number of para-hydroxylation sites is 2. The Morgan fingerprint density at radius 3 is 2.50 bits per heavy atom. The van der Waals surface area contributed by atoms with Gasteiger partial charge in [-0.2, -0.15) is 0 Å². The van der Waals surface area contributed by atoms with Crippen LogP contribution in [0.4, 0.5) is 0 Å². The van der Waals surface area contributed by atoms with E-state index in [1.807, 2.05) is 55.5 Å². The summed E-state index contributed by atoms with van der Waals surface area (Å²) in [7, 11) is 0. The summed E-state index contributed by atoms with van der Waals surface area (Å²) in [6.45, 7) is 7.28. The van der Waals surface area contributed by atoms with Gasteiger partial charge in [0.2, 0.25) is 5.91 Å². The van der Waals surface area contributed by atoms with Gasteiger partial charge in [-0.05, 0) is 30.5 Å². The van der Waals surface area contributed by atoms with E-state index in [2.05, 4.69) is 29.8 Å². The molecule has 2 aromatic carbocycles. The third-order valence-electron chi connectivity index (χ3n) is 4.18. The Hall–Kier alpha value is -2.27. The molecule has 0 saturated heterocycles. The first-order chi connectivity index (χ1) is 12.5. The molecule has 4 nitrogen and oxygen atoms in total. The first-order valence-electron chi connectivity index (χ1n) is 8.97. The summed E-state index contributed by atoms with van der Waals surface area (Å²) in [5, 5.41) is 3.97. The third kappa shape index (κ3) is 4.47. The monoisotopic (exact) mass is 367 g/mol. The predicted octanol–water partition coefficient (Wildman–Crippen LogP) is 4.66. The van der Waals surface area contributed by atoms with Crippen molar-refractivity contribution in [2.24, 2.45) is 5.92 Å². The Kier molecular flexibility index (Phi) is 5.99. The van der Waals surface area contributed by atoms with E-state index in [0.29, 0.717) is 11.7 Å². The number of nitrogens with one attached hydrogen (secondary N) is 1. The van der Waals surface area contributed by atoms with E-state index in [-0.39, 0.29) is 11.9 Å². The van der Waals surface area contributed by atoms with Crippen molar-refractivity contribution in [1.82, 2.24) is 14.9 Å². The minimum Gasteiger partial charge on any atom is -0.349 e. The molecule has 3 aromatic rings. The lowest BCUT2D eigenvalue weighted by Gasteiger charge is -2.14. The molecule has 0 unspecified atom stereocenters. The van der Waals surface area contributed by atoms with Gasteiger partial charge in [0, 0.05) is 6.54 Å². The zero-order valence-electron chi connectivity index (χ0n) is 15.5. The zero-order chi connectivity index (χ0) is 18.5. The van der Waals surface area contributed by atoms with Crippen molar-refractivity contribution >= 4 is 28.7 Å². The fourth-order valence-electron chi connectivity index (χ4n) is 2.94. The molecular formula is C21H25N3OS. The van der Waals surface area contributed by atoms with Crippen LogP contribution in [0.1, 0.15) is 32.4 Å². The van der Waals surface area contributed by atoms with Gasteiger partial charge in [-0.15, -0.1) is 0 Å². The average molecular weight is 368 g/mol. The highest BCUT2D eigenvalue weighted by Crippen LogP contribution is 2.25. The van der Waals surface area contributed by atoms with Crippen LogP contribution in [0, 0.1) is 5.92 Å². The summed E-state index contributed by atoms with van der Waals surface area (Å²) < 4.78 is 2.22. The zero-order valence-corrected chi connectivity index (χ0v) is 16.3. The second-order valence-corrected chi connectivity index (χ2v) is 7.82. The summed E-state index contributed by atoms with van der Waals surface area (Å²) >= 11 is 1.50. The number of carbonyl (C=O) groups is 1. The first kappa shape index (κ1) is 18.5. The SMILES string of the molecule is CC(C)Cn1c(SCC(=O)N[C@@H](C)c2ccccc2)nc2ccccc21. The van der Waals surface area contributed by atoms with Crippen molar-refractivity contribution in [2.45, 2.75) is 38.5 Å². The van der Waals surface area contributed by atoms with Gasteiger partial charge in [-0.3, -0.25) is 4.79 Å². The smallest absolute Gasteiger partial charge is 0.230 e. The normalized spacial score (nSPS) is 12.5. The molecule has 0 aliphatic heterocycles. The molecule has 1 heterocycles. The van der Waals surface area contributed by atoms with Gasteiger partial charge in [-0.25, -0.2) is 4.98 Å². The summed E-state index contributed by atoms with van der Waals surface area (Å²) in [6, 6.07) is 18.1. The fraction of sp³-hybridized carbons (Fsp3) is 0.333. The van der Waals surface area contributed by atoms with E-state index in [1.54, 1.807) is 0 Å². The van der Waals surface area contributed by atoms with Crippen molar-refractivity contribution < 1.29 is 4.79 Å². The minimum absolute atomic E-state index is 0.00113. The van der Waals surface area contributed by atoms with Crippen LogP contribution in [0.3, 0.4) is 0 Å². The van der Waals surface area contributed by atoms with Crippen LogP contribution < -0.4 is 5.32 Å². The van der Waals surface area contributed by atoms with Crippen molar-refractivity contribution in [2.75, 3.05) is 5.75 Å². The van der Waals surface area contributed by atoms with Crippen molar-refractivity contribution in [3.8, 4) is 0 Å². The molecule has 26 heavy (non-hydrogen) atoms. The van der Waals surface area contributed by atoms with E-state index in [9.17, 15) is 4.79 Å². The number of carbonyl (C=O) groups excluding carboxylic acids is 1. The third-order valence-corrected chi connectivity index (χ3v) is 5.15. The number of aromatic nitrogens is 2. The van der Waals surface area contributed by atoms with Crippen LogP contribution in [0.2, 0.25) is 0 Å². The maximum absolute atomic E-state index is 12.4. The van der Waals surface area contributed by atoms with Crippen LogP contribution in [0.15, 0.2) is 59.8 Å². The van der Waals surface area contributed by atoms with E-state index in [0.717, 1.165) is 28.3 Å². The molecule has 0 bridgehead atoms. The molecule has 0 aliphatic carbocycles. The summed E-state index contributed by atoms with van der Waals surface area (Å²) in [4.78, 5) is 17.1. The van der Waals surface area contributed by atoms with Gasteiger partial charge < -0.3 is 9.88 Å². The molecule has 3 rings (SSSR count). The Morgan fingerprint density at radius 2 is 1.77 bits per heavy atom. The quantitative estimate of drug-likeness (QED) is 0.618. The maximum atomic E-state index is 12.4. The molecule has 1 amide bonds. The lowest BCUT2D eigenvalue weighted by molar-refractivity contribution is -0.119. The highest BCUT2D eigenvalue weighted by molar-refractivity contribution is 7.99. The Bertz CT molecular complexity index is 873. The van der Waals surface area contributed by atoms with E-state index < -0.39 is 0 Å². The average Bonchev–Trinajstić information content (AvgIpc) is 2.98. The number of nitrogens with zero attached hydrogens (tertiary/aromatic N) is 2. The van der Waals surface area contributed by atoms with Gasteiger partial charge in [0.05, 0.1) is 22.8 Å². The van der Waals surface area contributed by atoms with Crippen LogP contribution in [0.25, 0.3) is 11.0 Å². The Balaban J connectivity index is 1.68. The number of hydrogen-bond donors (Lipinski definition) is 1. The Morgan fingerprint density at radius 1 is 1.08 bits per heavy atom. The lowest BCUT2D eigenvalue weighted by Crippen LogP contribution is -2.28. The number of rotatable bonds is 7. The van der Waals surface area contributed by atoms with Crippen LogP contribution in [-0.2, 0) is 11.3 Å². The van der Waals surface area contributed by atoms with Crippen molar-refractivity contribution in [3.63, 3.8) is 0 Å². The maximum Gasteiger partial charge on any atom is 0.230 e. The van der Waals surface area contributed by atoms with Crippen molar-refractivity contribution in [1.29, 1.82) is 0 Å². The standard InChI is InChI=1S/C21H25N3OS/c1-15(2)13-24-19-12-8-7-11-18(19)23-21(24)26-14-20(25)22-16(3)17-9-5-4-6-10-17/h4-12,15-16H,13-14H2,1-3H3,(H,22,25)/t16-/m0/s1. The van der Waals surface area contributed by atoms with E-state index >= 15 is 0 Å². The Labute approximate surface area is 159 Å². The molecule has 1 atom stereocenters. The van der Waals surface area contributed by atoms with Crippen LogP contribution >= 0.6 is 11.8 Å². The number of imidazole rings is 1. The highest BCUT2D eigenvalue weighted by Gasteiger charge is 2.15. The summed E-state index contributed by atoms with van der Waals surface area (Å²) in [5.74, 6) is 0.895. The van der Waals surface area contributed by atoms with Gasteiger partial charge in [0.25, 0.3) is 0 Å². The van der Waals surface area contributed by atoms with E-state index in [1.165, 1.54) is 11.8 Å². The molecule has 0 fully saturated rings. The molecule has 1 N–H and O–H groups in total. The number of amides is 1. The minimum atomic E-state index is -0.00113. The molecule has 136 valence electrons. The summed E-state index contributed by atoms with van der Waals surface area (Å²) in [6.07, 6.45) is 0. The fourth-order valence-corrected chi connectivity index (χ4v) is 3.78. The number of thioether (sulfide) groups is 1. The van der Waals surface area contributed by atoms with Gasteiger partial charge in [0.15, 0.2) is 5.16 Å². The van der Waals surface area contributed by atoms with Crippen LogP contribution in [0.5, 0.6) is 0 Å². The predicted molar refractivity (Wildman–Crippen MR) is 108 cm³/mol. The van der Waals surface area contributed by atoms with Crippen LogP contribution in [-0.4, -0.2) is 21.2 Å². The highest BCUT2D eigenvalue weighted by atomic mass is 32.2. The number of fused-ring (bicyclic) bond motifs is 1. The van der Waals surface area contributed by atoms with Gasteiger partial charge >= 0.3 is 0 Å². The lowest BCUT2D eigenvalue weighted by atomic mass is 10.1. The number of benzene rings is 2. The largest absolute Gasteiger partial charge is 0.349 e. The van der Waals surface area contributed by atoms with Gasteiger partial charge in [-0.1, -0.05) is 68.1 Å². The van der Waals surface area contributed by atoms with E-state index in [4.69, 9.17) is 4.98 Å². The topological polar surface area (TPSA) is 46.9 Å². The second kappa shape index (κ2) is 8.41. The molecular weight excluding hydrogens is 342 g/mol. The molecule has 0 saturated carbocycles.